The van der Waals surface area contributed by atoms with Gasteiger partial charge in [0.2, 0.25) is 0 Å². The Labute approximate surface area is 122 Å². The summed E-state index contributed by atoms with van der Waals surface area (Å²) in [6.07, 6.45) is 0.940. The lowest BCUT2D eigenvalue weighted by molar-refractivity contribution is 0.0998. The molecule has 0 aliphatic heterocycles. The largest absolute Gasteiger partial charge is 0.455 e. The Balaban J connectivity index is 2.39. The molecule has 1 amide bonds. The van der Waals surface area contributed by atoms with Gasteiger partial charge in [-0.3, -0.25) is 4.79 Å². The van der Waals surface area contributed by atoms with Gasteiger partial charge >= 0.3 is 0 Å². The summed E-state index contributed by atoms with van der Waals surface area (Å²) in [6.45, 7) is 2.07. The molecule has 0 unspecified atom stereocenters. The normalized spacial score (nSPS) is 10.3. The Morgan fingerprint density at radius 1 is 1.25 bits per heavy atom. The van der Waals surface area contributed by atoms with Gasteiger partial charge in [0, 0.05) is 5.69 Å². The van der Waals surface area contributed by atoms with Crippen molar-refractivity contribution in [3.05, 3.63) is 52.5 Å². The molecule has 0 saturated carbocycles. The first-order valence-corrected chi connectivity index (χ1v) is 6.54. The number of halogens is 1. The van der Waals surface area contributed by atoms with E-state index in [0.29, 0.717) is 11.4 Å². The number of aryl methyl sites for hydroxylation is 1. The maximum absolute atomic E-state index is 11.4. The van der Waals surface area contributed by atoms with Gasteiger partial charge in [0.25, 0.3) is 5.91 Å². The number of nitrogen functional groups attached to an aromatic ring is 1. The molecule has 0 bridgehead atoms. The number of benzene rings is 2. The smallest absolute Gasteiger partial charge is 0.252 e. The molecule has 0 aliphatic rings. The first-order valence-electron chi connectivity index (χ1n) is 6.17. The van der Waals surface area contributed by atoms with Gasteiger partial charge in [0.05, 0.1) is 10.6 Å². The number of hydrogen-bond donors (Lipinski definition) is 2. The minimum Gasteiger partial charge on any atom is -0.455 e. The van der Waals surface area contributed by atoms with E-state index in [4.69, 9.17) is 27.8 Å². The van der Waals surface area contributed by atoms with Crippen molar-refractivity contribution in [1.82, 2.24) is 0 Å². The van der Waals surface area contributed by atoms with Crippen molar-refractivity contribution in [2.75, 3.05) is 5.73 Å². The molecule has 0 saturated heterocycles. The van der Waals surface area contributed by atoms with Crippen LogP contribution in [-0.4, -0.2) is 5.91 Å². The van der Waals surface area contributed by atoms with Gasteiger partial charge in [-0.25, -0.2) is 0 Å². The SMILES string of the molecule is CCc1ccc(Oc2c(Cl)cc(N)cc2C(N)=O)cc1. The van der Waals surface area contributed by atoms with E-state index in [2.05, 4.69) is 6.92 Å². The lowest BCUT2D eigenvalue weighted by Crippen LogP contribution is -2.13. The molecule has 0 fully saturated rings. The molecule has 0 spiro atoms. The van der Waals surface area contributed by atoms with Gasteiger partial charge in [0.15, 0.2) is 5.75 Å². The van der Waals surface area contributed by atoms with Gasteiger partial charge in [-0.2, -0.15) is 0 Å². The van der Waals surface area contributed by atoms with Gasteiger partial charge in [-0.15, -0.1) is 0 Å². The van der Waals surface area contributed by atoms with Crippen LogP contribution in [0.3, 0.4) is 0 Å². The van der Waals surface area contributed by atoms with Crippen molar-refractivity contribution < 1.29 is 9.53 Å². The molecule has 0 aliphatic carbocycles. The lowest BCUT2D eigenvalue weighted by atomic mass is 10.1. The summed E-state index contributed by atoms with van der Waals surface area (Å²) in [5.74, 6) is 0.161. The summed E-state index contributed by atoms with van der Waals surface area (Å²) in [5.41, 5.74) is 12.7. The standard InChI is InChI=1S/C15H15ClN2O2/c1-2-9-3-5-11(6-4-9)20-14-12(15(18)19)7-10(17)8-13(14)16/h3-8H,2,17H2,1H3,(H2,18,19). The molecule has 4 nitrogen and oxygen atoms in total. The number of nitrogens with two attached hydrogens (primary N) is 2. The first-order chi connectivity index (χ1) is 9.51. The zero-order chi connectivity index (χ0) is 14.7. The Bertz CT molecular complexity index is 639. The fraction of sp³-hybridized carbons (Fsp3) is 0.133. The number of amides is 1. The summed E-state index contributed by atoms with van der Waals surface area (Å²) >= 11 is 6.07. The highest BCUT2D eigenvalue weighted by molar-refractivity contribution is 6.33. The number of ether oxygens (including phenoxy) is 1. The number of hydrogen-bond acceptors (Lipinski definition) is 3. The van der Waals surface area contributed by atoms with Crippen molar-refractivity contribution in [1.29, 1.82) is 0 Å². The lowest BCUT2D eigenvalue weighted by Gasteiger charge is -2.12. The van der Waals surface area contributed by atoms with Crippen LogP contribution in [0.15, 0.2) is 36.4 Å². The molecule has 0 aromatic heterocycles. The summed E-state index contributed by atoms with van der Waals surface area (Å²) in [7, 11) is 0. The Morgan fingerprint density at radius 2 is 1.90 bits per heavy atom. The van der Waals surface area contributed by atoms with Crippen LogP contribution in [0.1, 0.15) is 22.8 Å². The van der Waals surface area contributed by atoms with Crippen LogP contribution in [0.2, 0.25) is 5.02 Å². The Kier molecular flexibility index (Phi) is 4.15. The average Bonchev–Trinajstić information content (AvgIpc) is 2.42. The highest BCUT2D eigenvalue weighted by Crippen LogP contribution is 2.35. The maximum Gasteiger partial charge on any atom is 0.252 e. The zero-order valence-electron chi connectivity index (χ0n) is 11.0. The monoisotopic (exact) mass is 290 g/mol. The third kappa shape index (κ3) is 3.03. The van der Waals surface area contributed by atoms with Crippen LogP contribution in [0.4, 0.5) is 5.69 Å². The predicted molar refractivity (Wildman–Crippen MR) is 80.3 cm³/mol. The molecule has 0 radical (unpaired) electrons. The zero-order valence-corrected chi connectivity index (χ0v) is 11.8. The maximum atomic E-state index is 11.4. The van der Waals surface area contributed by atoms with E-state index in [0.717, 1.165) is 6.42 Å². The van der Waals surface area contributed by atoms with E-state index in [-0.39, 0.29) is 16.3 Å². The molecule has 5 heteroatoms. The molecule has 4 N–H and O–H groups in total. The molecular weight excluding hydrogens is 276 g/mol. The number of carbonyl (C=O) groups excluding carboxylic acids is 1. The van der Waals surface area contributed by atoms with Crippen LogP contribution in [0, 0.1) is 0 Å². The van der Waals surface area contributed by atoms with Crippen LogP contribution < -0.4 is 16.2 Å². The highest BCUT2D eigenvalue weighted by Gasteiger charge is 2.15. The highest BCUT2D eigenvalue weighted by atomic mass is 35.5. The van der Waals surface area contributed by atoms with E-state index in [9.17, 15) is 4.79 Å². The van der Waals surface area contributed by atoms with Crippen molar-refractivity contribution in [2.45, 2.75) is 13.3 Å². The van der Waals surface area contributed by atoms with Gasteiger partial charge < -0.3 is 16.2 Å². The molecular formula is C15H15ClN2O2. The molecule has 0 heterocycles. The van der Waals surface area contributed by atoms with E-state index in [1.165, 1.54) is 17.7 Å². The number of carbonyl (C=O) groups is 1. The second-order valence-corrected chi connectivity index (χ2v) is 4.75. The van der Waals surface area contributed by atoms with Crippen LogP contribution >= 0.6 is 11.6 Å². The summed E-state index contributed by atoms with van der Waals surface area (Å²) in [6, 6.07) is 10.5. The van der Waals surface area contributed by atoms with Crippen LogP contribution in [-0.2, 0) is 6.42 Å². The van der Waals surface area contributed by atoms with E-state index < -0.39 is 5.91 Å². The van der Waals surface area contributed by atoms with Crippen LogP contribution in [0.5, 0.6) is 11.5 Å². The van der Waals surface area contributed by atoms with E-state index in [1.807, 2.05) is 24.3 Å². The number of rotatable bonds is 4. The summed E-state index contributed by atoms with van der Waals surface area (Å²) in [4.78, 5) is 11.4. The quantitative estimate of drug-likeness (QED) is 0.847. The summed E-state index contributed by atoms with van der Waals surface area (Å²) < 4.78 is 5.67. The van der Waals surface area contributed by atoms with Gasteiger partial charge in [0.1, 0.15) is 5.75 Å². The van der Waals surface area contributed by atoms with Gasteiger partial charge in [-0.05, 0) is 36.2 Å². The van der Waals surface area contributed by atoms with Crippen LogP contribution in [0.25, 0.3) is 0 Å². The molecule has 20 heavy (non-hydrogen) atoms. The third-order valence-corrected chi connectivity index (χ3v) is 3.16. The second-order valence-electron chi connectivity index (χ2n) is 4.34. The average molecular weight is 291 g/mol. The molecule has 2 rings (SSSR count). The minimum absolute atomic E-state index is 0.162. The topological polar surface area (TPSA) is 78.3 Å². The fourth-order valence-corrected chi connectivity index (χ4v) is 2.08. The third-order valence-electron chi connectivity index (χ3n) is 2.88. The van der Waals surface area contributed by atoms with Crippen molar-refractivity contribution in [3.8, 4) is 11.5 Å². The Hall–Kier alpha value is -2.20. The fourth-order valence-electron chi connectivity index (χ4n) is 1.81. The van der Waals surface area contributed by atoms with E-state index >= 15 is 0 Å². The van der Waals surface area contributed by atoms with Crippen molar-refractivity contribution >= 4 is 23.2 Å². The first kappa shape index (κ1) is 14.2. The second kappa shape index (κ2) is 5.84. The molecule has 0 atom stereocenters. The van der Waals surface area contributed by atoms with E-state index in [1.54, 1.807) is 0 Å². The van der Waals surface area contributed by atoms with Crippen molar-refractivity contribution in [2.24, 2.45) is 5.73 Å². The molecule has 2 aromatic rings. The number of primary amides is 1. The molecule has 104 valence electrons. The molecule has 2 aromatic carbocycles. The predicted octanol–water partition coefficient (Wildman–Crippen LogP) is 3.38. The minimum atomic E-state index is -0.639. The Morgan fingerprint density at radius 3 is 2.45 bits per heavy atom. The van der Waals surface area contributed by atoms with Gasteiger partial charge in [-0.1, -0.05) is 30.7 Å². The van der Waals surface area contributed by atoms with Crippen molar-refractivity contribution in [3.63, 3.8) is 0 Å². The summed E-state index contributed by atoms with van der Waals surface area (Å²) in [5, 5.41) is 0.248. The number of anilines is 1.